The van der Waals surface area contributed by atoms with Crippen molar-refractivity contribution in [1.82, 2.24) is 4.90 Å². The lowest BCUT2D eigenvalue weighted by atomic mass is 9.88. The van der Waals surface area contributed by atoms with Crippen LogP contribution in [0.2, 0.25) is 0 Å². The SMILES string of the molecule is CC(C)CCN(c1ccc(CCC(C)(C)C)cc1)C1CCCN(C(=O)C(N)CC(C)C)C1. The second kappa shape index (κ2) is 12.1. The molecule has 1 saturated heterocycles. The second-order valence-corrected chi connectivity index (χ2v) is 11.9. The Balaban J connectivity index is 2.12. The van der Waals surface area contributed by atoms with Crippen molar-refractivity contribution in [2.45, 2.75) is 99.1 Å². The lowest BCUT2D eigenvalue weighted by Gasteiger charge is -2.41. The van der Waals surface area contributed by atoms with Crippen molar-refractivity contribution in [2.75, 3.05) is 24.5 Å². The van der Waals surface area contributed by atoms with E-state index in [0.29, 0.717) is 23.3 Å². The van der Waals surface area contributed by atoms with E-state index < -0.39 is 0 Å². The molecule has 1 aromatic carbocycles. The van der Waals surface area contributed by atoms with Gasteiger partial charge in [0.15, 0.2) is 0 Å². The third-order valence-corrected chi connectivity index (χ3v) is 6.57. The topological polar surface area (TPSA) is 49.6 Å². The minimum atomic E-state index is -0.375. The van der Waals surface area contributed by atoms with E-state index in [9.17, 15) is 4.79 Å². The van der Waals surface area contributed by atoms with Crippen LogP contribution in [-0.2, 0) is 11.2 Å². The Morgan fingerprint density at radius 2 is 1.78 bits per heavy atom. The summed E-state index contributed by atoms with van der Waals surface area (Å²) >= 11 is 0. The highest BCUT2D eigenvalue weighted by Gasteiger charge is 2.30. The number of nitrogens with two attached hydrogens (primary N) is 1. The zero-order chi connectivity index (χ0) is 23.9. The molecule has 1 amide bonds. The second-order valence-electron chi connectivity index (χ2n) is 11.9. The molecule has 1 aromatic rings. The first-order valence-corrected chi connectivity index (χ1v) is 12.9. The Kier molecular flexibility index (Phi) is 10.1. The molecule has 2 unspecified atom stereocenters. The molecule has 0 radical (unpaired) electrons. The summed E-state index contributed by atoms with van der Waals surface area (Å²) in [4.78, 5) is 17.6. The van der Waals surface area contributed by atoms with Gasteiger partial charge in [-0.1, -0.05) is 60.6 Å². The molecule has 2 rings (SSSR count). The first-order chi connectivity index (χ1) is 15.0. The van der Waals surface area contributed by atoms with E-state index in [1.54, 1.807) is 0 Å². The number of benzene rings is 1. The summed E-state index contributed by atoms with van der Waals surface area (Å²) in [5.41, 5.74) is 9.31. The van der Waals surface area contributed by atoms with Crippen LogP contribution in [0, 0.1) is 17.3 Å². The van der Waals surface area contributed by atoms with Crippen LogP contribution in [0.15, 0.2) is 24.3 Å². The molecule has 1 fully saturated rings. The van der Waals surface area contributed by atoms with Gasteiger partial charge in [-0.05, 0) is 73.5 Å². The molecule has 32 heavy (non-hydrogen) atoms. The van der Waals surface area contributed by atoms with Gasteiger partial charge in [0, 0.05) is 31.4 Å². The Hall–Kier alpha value is -1.55. The number of carbonyl (C=O) groups excluding carboxylic acids is 1. The van der Waals surface area contributed by atoms with Crippen molar-refractivity contribution in [1.29, 1.82) is 0 Å². The summed E-state index contributed by atoms with van der Waals surface area (Å²) in [7, 11) is 0. The number of rotatable bonds is 10. The fourth-order valence-corrected chi connectivity index (χ4v) is 4.55. The first-order valence-electron chi connectivity index (χ1n) is 12.9. The van der Waals surface area contributed by atoms with Crippen molar-refractivity contribution in [3.8, 4) is 0 Å². The number of nitrogens with zero attached hydrogens (tertiary/aromatic N) is 2. The highest BCUT2D eigenvalue weighted by atomic mass is 16.2. The molecule has 0 bridgehead atoms. The number of piperidine rings is 1. The molecule has 2 atom stereocenters. The van der Waals surface area contributed by atoms with E-state index in [1.807, 2.05) is 4.90 Å². The summed E-state index contributed by atoms with van der Waals surface area (Å²) in [5, 5.41) is 0. The summed E-state index contributed by atoms with van der Waals surface area (Å²) < 4.78 is 0. The van der Waals surface area contributed by atoms with Gasteiger partial charge < -0.3 is 15.5 Å². The van der Waals surface area contributed by atoms with Crippen LogP contribution in [0.5, 0.6) is 0 Å². The van der Waals surface area contributed by atoms with Gasteiger partial charge in [0.1, 0.15) is 0 Å². The minimum absolute atomic E-state index is 0.129. The Morgan fingerprint density at radius 3 is 2.34 bits per heavy atom. The summed E-state index contributed by atoms with van der Waals surface area (Å²) in [6.45, 7) is 18.4. The third-order valence-electron chi connectivity index (χ3n) is 6.57. The van der Waals surface area contributed by atoms with Crippen LogP contribution in [0.1, 0.15) is 86.1 Å². The average molecular weight is 444 g/mol. The number of likely N-dealkylation sites (tertiary alicyclic amines) is 1. The predicted octanol–water partition coefficient (Wildman–Crippen LogP) is 5.88. The lowest BCUT2D eigenvalue weighted by molar-refractivity contribution is -0.134. The van der Waals surface area contributed by atoms with Crippen LogP contribution in [-0.4, -0.2) is 42.5 Å². The molecule has 1 heterocycles. The molecule has 1 aliphatic rings. The molecule has 4 heteroatoms. The van der Waals surface area contributed by atoms with Gasteiger partial charge in [0.05, 0.1) is 6.04 Å². The van der Waals surface area contributed by atoms with E-state index in [-0.39, 0.29) is 11.9 Å². The van der Waals surface area contributed by atoms with Gasteiger partial charge >= 0.3 is 0 Å². The number of anilines is 1. The van der Waals surface area contributed by atoms with Crippen LogP contribution < -0.4 is 10.6 Å². The van der Waals surface area contributed by atoms with Crippen LogP contribution in [0.25, 0.3) is 0 Å². The van der Waals surface area contributed by atoms with E-state index in [2.05, 4.69) is 77.6 Å². The molecule has 0 spiro atoms. The fourth-order valence-electron chi connectivity index (χ4n) is 4.55. The zero-order valence-electron chi connectivity index (χ0n) is 21.9. The Labute approximate surface area is 197 Å². The number of hydrogen-bond acceptors (Lipinski definition) is 3. The van der Waals surface area contributed by atoms with Crippen molar-refractivity contribution in [3.05, 3.63) is 29.8 Å². The van der Waals surface area contributed by atoms with Crippen LogP contribution >= 0.6 is 0 Å². The number of carbonyl (C=O) groups is 1. The first kappa shape index (κ1) is 26.7. The molecular formula is C28H49N3O. The van der Waals surface area contributed by atoms with E-state index in [1.165, 1.54) is 17.7 Å². The molecule has 0 aliphatic carbocycles. The maximum atomic E-state index is 13.0. The molecule has 182 valence electrons. The van der Waals surface area contributed by atoms with Crippen molar-refractivity contribution >= 4 is 11.6 Å². The monoisotopic (exact) mass is 443 g/mol. The zero-order valence-corrected chi connectivity index (χ0v) is 21.9. The number of aryl methyl sites for hydroxylation is 1. The number of amides is 1. The van der Waals surface area contributed by atoms with Gasteiger partial charge in [-0.3, -0.25) is 4.79 Å². The summed E-state index contributed by atoms with van der Waals surface area (Å²) in [5.74, 6) is 1.22. The normalized spacial score (nSPS) is 18.3. The van der Waals surface area contributed by atoms with E-state index in [0.717, 1.165) is 51.7 Å². The maximum absolute atomic E-state index is 13.0. The Morgan fingerprint density at radius 1 is 1.12 bits per heavy atom. The fraction of sp³-hybridized carbons (Fsp3) is 0.750. The van der Waals surface area contributed by atoms with Crippen LogP contribution in [0.3, 0.4) is 0 Å². The maximum Gasteiger partial charge on any atom is 0.239 e. The summed E-state index contributed by atoms with van der Waals surface area (Å²) in [6.07, 6.45) is 6.41. The predicted molar refractivity (Wildman–Crippen MR) is 138 cm³/mol. The van der Waals surface area contributed by atoms with E-state index in [4.69, 9.17) is 5.73 Å². The molecular weight excluding hydrogens is 394 g/mol. The molecule has 0 aromatic heterocycles. The van der Waals surface area contributed by atoms with E-state index >= 15 is 0 Å². The lowest BCUT2D eigenvalue weighted by Crippen LogP contribution is -2.54. The van der Waals surface area contributed by atoms with Crippen LogP contribution in [0.4, 0.5) is 5.69 Å². The van der Waals surface area contributed by atoms with Crippen molar-refractivity contribution in [3.63, 3.8) is 0 Å². The van der Waals surface area contributed by atoms with Gasteiger partial charge in [0.25, 0.3) is 0 Å². The third kappa shape index (κ3) is 8.77. The van der Waals surface area contributed by atoms with Crippen molar-refractivity contribution < 1.29 is 4.79 Å². The molecule has 0 saturated carbocycles. The van der Waals surface area contributed by atoms with Gasteiger partial charge in [-0.15, -0.1) is 0 Å². The number of hydrogen-bond donors (Lipinski definition) is 1. The molecule has 2 N–H and O–H groups in total. The molecule has 1 aliphatic heterocycles. The Bertz CT molecular complexity index is 690. The average Bonchev–Trinajstić information content (AvgIpc) is 2.71. The minimum Gasteiger partial charge on any atom is -0.367 e. The van der Waals surface area contributed by atoms with Crippen molar-refractivity contribution in [2.24, 2.45) is 23.0 Å². The smallest absolute Gasteiger partial charge is 0.239 e. The molecule has 4 nitrogen and oxygen atoms in total. The highest BCUT2D eigenvalue weighted by molar-refractivity contribution is 5.81. The van der Waals surface area contributed by atoms with Gasteiger partial charge in [-0.25, -0.2) is 0 Å². The van der Waals surface area contributed by atoms with Gasteiger partial charge in [-0.2, -0.15) is 0 Å². The quantitative estimate of drug-likeness (QED) is 0.491. The highest BCUT2D eigenvalue weighted by Crippen LogP contribution is 2.27. The largest absolute Gasteiger partial charge is 0.367 e. The van der Waals surface area contributed by atoms with Gasteiger partial charge in [0.2, 0.25) is 5.91 Å². The summed E-state index contributed by atoms with van der Waals surface area (Å²) in [6, 6.07) is 9.17. The standard InChI is InChI=1S/C28H49N3O/c1-21(2)15-18-31(24-12-10-23(11-13-24)14-16-28(5,6)7)25-9-8-17-30(20-25)27(32)26(29)19-22(3)4/h10-13,21-22,25-26H,8-9,14-20,29H2,1-7H3.